The van der Waals surface area contributed by atoms with Gasteiger partial charge in [-0.25, -0.2) is 0 Å². The molecule has 0 spiro atoms. The van der Waals surface area contributed by atoms with Crippen molar-refractivity contribution in [3.63, 3.8) is 0 Å². The highest BCUT2D eigenvalue weighted by atomic mass is 31.0. The van der Waals surface area contributed by atoms with Crippen molar-refractivity contribution >= 4 is 9.24 Å². The highest BCUT2D eigenvalue weighted by Gasteiger charge is 2.19. The van der Waals surface area contributed by atoms with E-state index in [1.54, 1.807) is 0 Å². The van der Waals surface area contributed by atoms with Crippen molar-refractivity contribution < 1.29 is 0 Å². The summed E-state index contributed by atoms with van der Waals surface area (Å²) in [4.78, 5) is 0. The lowest BCUT2D eigenvalue weighted by Crippen LogP contribution is -2.14. The van der Waals surface area contributed by atoms with Gasteiger partial charge in [-0.1, -0.05) is 58.9 Å². The minimum absolute atomic E-state index is 0.219. The third-order valence-electron chi connectivity index (χ3n) is 3.14. The van der Waals surface area contributed by atoms with Crippen LogP contribution >= 0.6 is 9.24 Å². The first-order valence-corrected chi connectivity index (χ1v) is 6.25. The highest BCUT2D eigenvalue weighted by Crippen LogP contribution is 2.35. The van der Waals surface area contributed by atoms with Crippen molar-refractivity contribution in [2.75, 3.05) is 0 Å². The molecule has 0 N–H and O–H groups in total. The third kappa shape index (κ3) is 3.05. The van der Waals surface area contributed by atoms with Gasteiger partial charge in [0, 0.05) is 5.16 Å². The summed E-state index contributed by atoms with van der Waals surface area (Å²) in [6.45, 7) is 11.2. The molecule has 1 aromatic carbocycles. The SMILES string of the molecule is CCC(C)(P)c1ccc(C(C)(C)C)cc1. The molecule has 0 saturated carbocycles. The van der Waals surface area contributed by atoms with Crippen LogP contribution in [0, 0.1) is 0 Å². The lowest BCUT2D eigenvalue weighted by atomic mass is 9.85. The number of benzene rings is 1. The van der Waals surface area contributed by atoms with Gasteiger partial charge in [0.05, 0.1) is 0 Å². The van der Waals surface area contributed by atoms with Crippen LogP contribution in [0.15, 0.2) is 24.3 Å². The molecule has 0 saturated heterocycles. The summed E-state index contributed by atoms with van der Waals surface area (Å²) in [6.07, 6.45) is 1.15. The minimum atomic E-state index is 0.219. The standard InChI is InChI=1S/C14H23P/c1-6-14(5,15)12-9-7-11(8-10-12)13(2,3)4/h7-10H,6,15H2,1-5H3. The van der Waals surface area contributed by atoms with Crippen LogP contribution in [0.3, 0.4) is 0 Å². The van der Waals surface area contributed by atoms with Crippen molar-refractivity contribution in [1.29, 1.82) is 0 Å². The van der Waals surface area contributed by atoms with E-state index in [4.69, 9.17) is 0 Å². The fourth-order valence-corrected chi connectivity index (χ4v) is 1.75. The Labute approximate surface area is 96.7 Å². The van der Waals surface area contributed by atoms with E-state index in [2.05, 4.69) is 68.1 Å². The second kappa shape index (κ2) is 4.26. The molecule has 0 aliphatic carbocycles. The van der Waals surface area contributed by atoms with E-state index >= 15 is 0 Å². The molecule has 84 valence electrons. The minimum Gasteiger partial charge on any atom is -0.127 e. The smallest absolute Gasteiger partial charge is 0.00668 e. The zero-order chi connectivity index (χ0) is 11.7. The van der Waals surface area contributed by atoms with Crippen molar-refractivity contribution in [2.45, 2.75) is 51.6 Å². The number of rotatable bonds is 2. The monoisotopic (exact) mass is 222 g/mol. The fourth-order valence-electron chi connectivity index (χ4n) is 1.56. The van der Waals surface area contributed by atoms with Gasteiger partial charge in [-0.15, -0.1) is 9.24 Å². The van der Waals surface area contributed by atoms with Crippen LogP contribution < -0.4 is 0 Å². The molecule has 0 nitrogen and oxygen atoms in total. The molecule has 0 aromatic heterocycles. The molecule has 0 aliphatic heterocycles. The molecule has 1 aromatic rings. The van der Waals surface area contributed by atoms with Crippen LogP contribution in [0.5, 0.6) is 0 Å². The van der Waals surface area contributed by atoms with Crippen molar-refractivity contribution in [1.82, 2.24) is 0 Å². The van der Waals surface area contributed by atoms with E-state index in [1.165, 1.54) is 11.1 Å². The third-order valence-corrected chi connectivity index (χ3v) is 3.89. The Morgan fingerprint density at radius 2 is 1.33 bits per heavy atom. The van der Waals surface area contributed by atoms with E-state index in [0.717, 1.165) is 6.42 Å². The van der Waals surface area contributed by atoms with Gasteiger partial charge in [-0.2, -0.15) is 0 Å². The summed E-state index contributed by atoms with van der Waals surface area (Å²) in [5, 5.41) is 0.219. The Kier molecular flexibility index (Phi) is 3.61. The summed E-state index contributed by atoms with van der Waals surface area (Å²) in [7, 11) is 2.95. The molecule has 0 radical (unpaired) electrons. The first kappa shape index (κ1) is 12.7. The van der Waals surface area contributed by atoms with Gasteiger partial charge in [0.15, 0.2) is 0 Å². The molecule has 2 unspecified atom stereocenters. The van der Waals surface area contributed by atoms with E-state index in [-0.39, 0.29) is 10.6 Å². The van der Waals surface area contributed by atoms with Gasteiger partial charge in [0.25, 0.3) is 0 Å². The van der Waals surface area contributed by atoms with Crippen molar-refractivity contribution in [3.05, 3.63) is 35.4 Å². The van der Waals surface area contributed by atoms with Gasteiger partial charge in [0.2, 0.25) is 0 Å². The fraction of sp³-hybridized carbons (Fsp3) is 0.571. The van der Waals surface area contributed by atoms with Crippen LogP contribution in [0.1, 0.15) is 52.2 Å². The first-order valence-electron chi connectivity index (χ1n) is 5.67. The molecule has 1 rings (SSSR count). The summed E-state index contributed by atoms with van der Waals surface area (Å²) in [5.74, 6) is 0. The lowest BCUT2D eigenvalue weighted by Gasteiger charge is -2.25. The molecule has 0 fully saturated rings. The lowest BCUT2D eigenvalue weighted by molar-refractivity contribution is 0.588. The largest absolute Gasteiger partial charge is 0.127 e. The average Bonchev–Trinajstić information content (AvgIpc) is 2.17. The predicted molar refractivity (Wildman–Crippen MR) is 72.5 cm³/mol. The van der Waals surface area contributed by atoms with Crippen LogP contribution in [0.25, 0.3) is 0 Å². The zero-order valence-corrected chi connectivity index (χ0v) is 11.7. The second-order valence-electron chi connectivity index (χ2n) is 5.60. The molecule has 1 heteroatoms. The molecular weight excluding hydrogens is 199 g/mol. The van der Waals surface area contributed by atoms with Crippen LogP contribution in [-0.2, 0) is 10.6 Å². The van der Waals surface area contributed by atoms with Gasteiger partial charge in [-0.05, 0) is 23.0 Å². The summed E-state index contributed by atoms with van der Waals surface area (Å²) >= 11 is 0. The van der Waals surface area contributed by atoms with Gasteiger partial charge in [0.1, 0.15) is 0 Å². The number of hydrogen-bond acceptors (Lipinski definition) is 0. The topological polar surface area (TPSA) is 0 Å². The summed E-state index contributed by atoms with van der Waals surface area (Å²) in [6, 6.07) is 9.04. The Morgan fingerprint density at radius 1 is 0.933 bits per heavy atom. The molecule has 0 amide bonds. The maximum atomic E-state index is 2.95. The molecule has 0 bridgehead atoms. The quantitative estimate of drug-likeness (QED) is 0.647. The van der Waals surface area contributed by atoms with E-state index in [1.807, 2.05) is 0 Å². The molecule has 0 aliphatic rings. The Bertz CT molecular complexity index is 314. The summed E-state index contributed by atoms with van der Waals surface area (Å²) < 4.78 is 0. The summed E-state index contributed by atoms with van der Waals surface area (Å²) in [5.41, 5.74) is 3.06. The molecule has 2 atom stereocenters. The maximum Gasteiger partial charge on any atom is 0.00668 e. The van der Waals surface area contributed by atoms with Crippen molar-refractivity contribution in [3.8, 4) is 0 Å². The Hall–Kier alpha value is -0.350. The zero-order valence-electron chi connectivity index (χ0n) is 10.6. The average molecular weight is 222 g/mol. The first-order chi connectivity index (χ1) is 6.77. The Balaban J connectivity index is 3.01. The van der Waals surface area contributed by atoms with Crippen LogP contribution in [0.2, 0.25) is 0 Å². The highest BCUT2D eigenvalue weighted by molar-refractivity contribution is 7.18. The van der Waals surface area contributed by atoms with Crippen molar-refractivity contribution in [2.24, 2.45) is 0 Å². The molecule has 0 heterocycles. The molecule has 15 heavy (non-hydrogen) atoms. The Morgan fingerprint density at radius 3 is 1.67 bits per heavy atom. The van der Waals surface area contributed by atoms with Crippen LogP contribution in [-0.4, -0.2) is 0 Å². The second-order valence-corrected chi connectivity index (χ2v) is 6.87. The maximum absolute atomic E-state index is 2.95. The van der Waals surface area contributed by atoms with Gasteiger partial charge < -0.3 is 0 Å². The van der Waals surface area contributed by atoms with Gasteiger partial charge >= 0.3 is 0 Å². The van der Waals surface area contributed by atoms with E-state index in [0.29, 0.717) is 0 Å². The molecular formula is C14H23P. The number of hydrogen-bond donors (Lipinski definition) is 0. The normalized spacial score (nSPS) is 16.1. The van der Waals surface area contributed by atoms with Gasteiger partial charge in [-0.3, -0.25) is 0 Å². The van der Waals surface area contributed by atoms with E-state index in [9.17, 15) is 0 Å². The van der Waals surface area contributed by atoms with Crippen LogP contribution in [0.4, 0.5) is 0 Å². The predicted octanol–water partition coefficient (Wildman–Crippen LogP) is 4.48. The van der Waals surface area contributed by atoms with E-state index < -0.39 is 0 Å².